The van der Waals surface area contributed by atoms with Gasteiger partial charge in [-0.15, -0.1) is 0 Å². The lowest BCUT2D eigenvalue weighted by atomic mass is 10.1. The molecule has 25 heavy (non-hydrogen) atoms. The third-order valence-electron chi connectivity index (χ3n) is 3.57. The molecule has 1 aromatic heterocycles. The van der Waals surface area contributed by atoms with E-state index in [-0.39, 0.29) is 10.4 Å². The lowest BCUT2D eigenvalue weighted by Crippen LogP contribution is -2.11. The molecule has 0 radical (unpaired) electrons. The normalized spacial score (nSPS) is 13.4. The van der Waals surface area contributed by atoms with Crippen molar-refractivity contribution in [2.24, 2.45) is 0 Å². The third-order valence-corrected chi connectivity index (χ3v) is 5.94. The number of benzene rings is 2. The summed E-state index contributed by atoms with van der Waals surface area (Å²) in [6.07, 6.45) is 5.06. The lowest BCUT2D eigenvalue weighted by molar-refractivity contribution is 0.108. The lowest BCUT2D eigenvalue weighted by Gasteiger charge is -2.22. The number of alkyl halides is 1. The Morgan fingerprint density at radius 2 is 1.60 bits per heavy atom. The maximum absolute atomic E-state index is 12.7. The van der Waals surface area contributed by atoms with Crippen molar-refractivity contribution in [3.63, 3.8) is 0 Å². The molecule has 128 valence electrons. The molecule has 3 aromatic rings. The van der Waals surface area contributed by atoms with E-state index in [1.54, 1.807) is 59.7 Å². The summed E-state index contributed by atoms with van der Waals surface area (Å²) in [5.74, 6) is 0. The highest BCUT2D eigenvalue weighted by atomic mass is 35.5. The Balaban J connectivity index is 1.89. The van der Waals surface area contributed by atoms with Crippen LogP contribution in [0.2, 0.25) is 10.0 Å². The number of carbonyl (C=O) groups excluding carboxylic acids is 1. The van der Waals surface area contributed by atoms with Crippen molar-refractivity contribution in [2.75, 3.05) is 0 Å². The summed E-state index contributed by atoms with van der Waals surface area (Å²) in [6, 6.07) is 14.1. The van der Waals surface area contributed by atoms with Crippen molar-refractivity contribution in [1.29, 1.82) is 0 Å². The van der Waals surface area contributed by atoms with Gasteiger partial charge in [-0.05, 0) is 42.0 Å². The molecule has 0 N–H and O–H groups in total. The number of hydrogen-bond donors (Lipinski definition) is 0. The smallest absolute Gasteiger partial charge is 0.220 e. The summed E-state index contributed by atoms with van der Waals surface area (Å²) in [4.78, 5) is 16.7. The van der Waals surface area contributed by atoms with Gasteiger partial charge in [-0.3, -0.25) is 4.79 Å². The second-order valence-corrected chi connectivity index (χ2v) is 7.70. The van der Waals surface area contributed by atoms with Gasteiger partial charge in [0, 0.05) is 28.0 Å². The zero-order valence-electron chi connectivity index (χ0n) is 12.9. The van der Waals surface area contributed by atoms with Crippen LogP contribution in [0.3, 0.4) is 0 Å². The molecule has 2 unspecified atom stereocenters. The Hall–Kier alpha value is -1.46. The van der Waals surface area contributed by atoms with E-state index in [1.165, 1.54) is 0 Å². The topological polar surface area (TPSA) is 34.9 Å². The molecule has 0 bridgehead atoms. The van der Waals surface area contributed by atoms with Gasteiger partial charge in [0.05, 0.1) is 11.6 Å². The molecule has 0 spiro atoms. The predicted molar refractivity (Wildman–Crippen MR) is 105 cm³/mol. The Morgan fingerprint density at radius 1 is 1.00 bits per heavy atom. The van der Waals surface area contributed by atoms with Crippen molar-refractivity contribution in [3.8, 4) is 0 Å². The average molecular weight is 412 g/mol. The number of rotatable bonds is 5. The molecule has 0 saturated heterocycles. The number of halogens is 3. The summed E-state index contributed by atoms with van der Waals surface area (Å²) in [5.41, 5.74) is 0.998. The Bertz CT molecular complexity index is 836. The van der Waals surface area contributed by atoms with Crippen LogP contribution in [0.15, 0.2) is 67.3 Å². The van der Waals surface area contributed by atoms with Crippen LogP contribution in [0.25, 0.3) is 0 Å². The van der Waals surface area contributed by atoms with Gasteiger partial charge >= 0.3 is 0 Å². The fourth-order valence-corrected chi connectivity index (χ4v) is 3.99. The minimum atomic E-state index is -0.482. The van der Waals surface area contributed by atoms with E-state index in [9.17, 15) is 4.79 Å². The molecule has 0 fully saturated rings. The third kappa shape index (κ3) is 4.59. The number of nitrogens with zero attached hydrogens (tertiary/aromatic N) is 2. The van der Waals surface area contributed by atoms with Crippen molar-refractivity contribution in [3.05, 3.63) is 88.4 Å². The van der Waals surface area contributed by atoms with Crippen molar-refractivity contribution >= 4 is 51.7 Å². The average Bonchev–Trinajstić information content (AvgIpc) is 3.15. The molecule has 7 heteroatoms. The minimum Gasteiger partial charge on any atom is -0.319 e. The molecule has 3 rings (SSSR count). The zero-order chi connectivity index (χ0) is 17.8. The van der Waals surface area contributed by atoms with Crippen LogP contribution in [-0.4, -0.2) is 14.7 Å². The highest BCUT2D eigenvalue weighted by Crippen LogP contribution is 2.42. The highest BCUT2D eigenvalue weighted by Gasteiger charge is 2.26. The fraction of sp³-hybridized carbons (Fsp3) is 0.111. The monoisotopic (exact) mass is 410 g/mol. The SMILES string of the molecule is O=C(SC(c1ccc(Cl)cc1)C(Cl)n1ccnc1)c1ccc(Cl)cc1. The molecular formula is C18H13Cl3N2OS. The number of aromatic nitrogens is 2. The van der Waals surface area contributed by atoms with E-state index < -0.39 is 5.50 Å². The molecule has 3 nitrogen and oxygen atoms in total. The van der Waals surface area contributed by atoms with Crippen LogP contribution in [0.4, 0.5) is 0 Å². The van der Waals surface area contributed by atoms with Crippen LogP contribution in [0, 0.1) is 0 Å². The first-order chi connectivity index (χ1) is 12.0. The maximum Gasteiger partial charge on any atom is 0.220 e. The molecule has 0 saturated carbocycles. The summed E-state index contributed by atoms with van der Waals surface area (Å²) in [7, 11) is 0. The van der Waals surface area contributed by atoms with E-state index >= 15 is 0 Å². The first-order valence-corrected chi connectivity index (χ1v) is 9.45. The van der Waals surface area contributed by atoms with Crippen LogP contribution in [0.1, 0.15) is 26.7 Å². The standard InChI is InChI=1S/C18H13Cl3N2OS/c19-14-5-1-12(2-6-14)16(17(21)23-10-9-22-11-23)25-18(24)13-3-7-15(20)8-4-13/h1-11,16-17H. The summed E-state index contributed by atoms with van der Waals surface area (Å²) >= 11 is 19.7. The summed E-state index contributed by atoms with van der Waals surface area (Å²) in [6.45, 7) is 0. The molecule has 0 aliphatic rings. The molecule has 1 heterocycles. The first-order valence-electron chi connectivity index (χ1n) is 7.38. The molecule has 2 aromatic carbocycles. The van der Waals surface area contributed by atoms with E-state index in [0.29, 0.717) is 15.6 Å². The van der Waals surface area contributed by atoms with Gasteiger partial charge in [0.15, 0.2) is 0 Å². The molecule has 0 aliphatic carbocycles. The van der Waals surface area contributed by atoms with Crippen molar-refractivity contribution in [2.45, 2.75) is 10.8 Å². The number of thioether (sulfide) groups is 1. The summed E-state index contributed by atoms with van der Waals surface area (Å²) in [5, 5.41) is 0.827. The predicted octanol–water partition coefficient (Wildman–Crippen LogP) is 6.24. The quantitative estimate of drug-likeness (QED) is 0.466. The zero-order valence-corrected chi connectivity index (χ0v) is 15.9. The van der Waals surface area contributed by atoms with Crippen molar-refractivity contribution < 1.29 is 4.79 Å². The first kappa shape index (κ1) is 18.3. The molecular weight excluding hydrogens is 399 g/mol. The fourth-order valence-electron chi connectivity index (χ4n) is 2.28. The Morgan fingerprint density at radius 3 is 2.16 bits per heavy atom. The van der Waals surface area contributed by atoms with E-state index in [2.05, 4.69) is 4.98 Å². The Kier molecular flexibility index (Phi) is 6.07. The second-order valence-electron chi connectivity index (χ2n) is 5.27. The van der Waals surface area contributed by atoms with Gasteiger partial charge in [-0.25, -0.2) is 4.98 Å². The van der Waals surface area contributed by atoms with Crippen LogP contribution >= 0.6 is 46.6 Å². The van der Waals surface area contributed by atoms with Gasteiger partial charge in [0.1, 0.15) is 5.50 Å². The van der Waals surface area contributed by atoms with E-state index in [4.69, 9.17) is 34.8 Å². The summed E-state index contributed by atoms with van der Waals surface area (Å²) < 4.78 is 1.77. The number of imidazole rings is 1. The van der Waals surface area contributed by atoms with Crippen molar-refractivity contribution in [1.82, 2.24) is 9.55 Å². The largest absolute Gasteiger partial charge is 0.319 e. The van der Waals surface area contributed by atoms with Gasteiger partial charge in [-0.2, -0.15) is 0 Å². The molecule has 0 aliphatic heterocycles. The number of hydrogen-bond acceptors (Lipinski definition) is 3. The van der Waals surface area contributed by atoms with E-state index in [0.717, 1.165) is 17.3 Å². The highest BCUT2D eigenvalue weighted by molar-refractivity contribution is 8.14. The molecule has 0 amide bonds. The van der Waals surface area contributed by atoms with Gasteiger partial charge in [0.25, 0.3) is 0 Å². The van der Waals surface area contributed by atoms with Crippen LogP contribution in [-0.2, 0) is 0 Å². The van der Waals surface area contributed by atoms with E-state index in [1.807, 2.05) is 12.1 Å². The molecule has 2 atom stereocenters. The van der Waals surface area contributed by atoms with Gasteiger partial charge < -0.3 is 4.57 Å². The second kappa shape index (κ2) is 8.28. The van der Waals surface area contributed by atoms with Gasteiger partial charge in [0.2, 0.25) is 5.12 Å². The van der Waals surface area contributed by atoms with Crippen LogP contribution in [0.5, 0.6) is 0 Å². The number of carbonyl (C=O) groups is 1. The Labute approximate surface area is 164 Å². The van der Waals surface area contributed by atoms with Gasteiger partial charge in [-0.1, -0.05) is 58.7 Å². The minimum absolute atomic E-state index is 0.0811. The van der Waals surface area contributed by atoms with Crippen LogP contribution < -0.4 is 0 Å². The maximum atomic E-state index is 12.7.